The molecule has 0 spiro atoms. The Bertz CT molecular complexity index is 884. The van der Waals surface area contributed by atoms with Crippen LogP contribution < -0.4 is 15.5 Å². The van der Waals surface area contributed by atoms with E-state index in [0.29, 0.717) is 24.9 Å². The molecule has 1 aliphatic rings. The minimum atomic E-state index is -0.237. The van der Waals surface area contributed by atoms with Crippen molar-refractivity contribution in [1.29, 1.82) is 5.41 Å². The number of esters is 1. The number of hydrogen-bond acceptors (Lipinski definition) is 4. The number of carbonyl (C=O) groups is 2. The van der Waals surface area contributed by atoms with E-state index in [1.165, 1.54) is 7.11 Å². The Morgan fingerprint density at radius 2 is 1.72 bits per heavy atom. The molecule has 29 heavy (non-hydrogen) atoms. The Balaban J connectivity index is 0.00000300. The molecule has 0 radical (unpaired) electrons. The van der Waals surface area contributed by atoms with Crippen molar-refractivity contribution in [2.45, 2.75) is 25.8 Å². The lowest BCUT2D eigenvalue weighted by molar-refractivity contribution is -0.140. The first-order valence-electron chi connectivity index (χ1n) is 9.11. The lowest BCUT2D eigenvalue weighted by Crippen LogP contribution is -2.33. The molecule has 1 saturated heterocycles. The number of rotatable bonds is 6. The molecule has 1 unspecified atom stereocenters. The van der Waals surface area contributed by atoms with Gasteiger partial charge in [-0.15, -0.1) is 12.4 Å². The van der Waals surface area contributed by atoms with E-state index in [9.17, 15) is 9.59 Å². The monoisotopic (exact) mass is 416 g/mol. The van der Waals surface area contributed by atoms with Crippen molar-refractivity contribution in [2.75, 3.05) is 23.5 Å². The molecule has 2 aromatic rings. The van der Waals surface area contributed by atoms with Crippen LogP contribution in [0.1, 0.15) is 24.5 Å². The van der Waals surface area contributed by atoms with Crippen molar-refractivity contribution >= 4 is 41.6 Å². The van der Waals surface area contributed by atoms with E-state index in [1.807, 2.05) is 31.2 Å². The van der Waals surface area contributed by atoms with Crippen molar-refractivity contribution < 1.29 is 14.3 Å². The van der Waals surface area contributed by atoms with Gasteiger partial charge < -0.3 is 10.5 Å². The van der Waals surface area contributed by atoms with Crippen molar-refractivity contribution in [1.82, 2.24) is 0 Å². The third-order valence-electron chi connectivity index (χ3n) is 4.87. The number of urea groups is 1. The van der Waals surface area contributed by atoms with Gasteiger partial charge in [-0.3, -0.25) is 20.0 Å². The molecule has 8 heteroatoms. The van der Waals surface area contributed by atoms with E-state index < -0.39 is 0 Å². The molecule has 2 aromatic carbocycles. The molecule has 7 nitrogen and oxygen atoms in total. The summed E-state index contributed by atoms with van der Waals surface area (Å²) < 4.78 is 4.66. The number of nitrogens with zero attached hydrogens (tertiary/aromatic N) is 2. The lowest BCUT2D eigenvalue weighted by atomic mass is 10.1. The number of nitrogens with one attached hydrogen (secondary N) is 1. The molecule has 0 aromatic heterocycles. The predicted molar refractivity (Wildman–Crippen MR) is 116 cm³/mol. The summed E-state index contributed by atoms with van der Waals surface area (Å²) in [5.41, 5.74) is 8.74. The minimum absolute atomic E-state index is 0. The first-order valence-corrected chi connectivity index (χ1v) is 9.11. The van der Waals surface area contributed by atoms with Gasteiger partial charge in [-0.2, -0.15) is 0 Å². The van der Waals surface area contributed by atoms with Crippen LogP contribution in [0.25, 0.3) is 0 Å². The van der Waals surface area contributed by atoms with Crippen LogP contribution >= 0.6 is 12.4 Å². The summed E-state index contributed by atoms with van der Waals surface area (Å²) in [7, 11) is 1.38. The summed E-state index contributed by atoms with van der Waals surface area (Å²) in [5.74, 6) is -0.236. The highest BCUT2D eigenvalue weighted by Crippen LogP contribution is 2.29. The molecule has 3 N–H and O–H groups in total. The quantitative estimate of drug-likeness (QED) is 0.428. The van der Waals surface area contributed by atoms with Gasteiger partial charge in [0.05, 0.1) is 13.2 Å². The topological polar surface area (TPSA) is 99.7 Å². The number of methoxy groups -OCH3 is 1. The average Bonchev–Trinajstić information content (AvgIpc) is 3.00. The Kier molecular flexibility index (Phi) is 7.23. The second-order valence-corrected chi connectivity index (χ2v) is 6.82. The second kappa shape index (κ2) is 9.43. The van der Waals surface area contributed by atoms with Crippen LogP contribution in [-0.4, -0.2) is 37.5 Å². The number of nitrogens with two attached hydrogens (primary N) is 1. The normalized spacial score (nSPS) is 15.8. The first kappa shape index (κ1) is 22.2. The van der Waals surface area contributed by atoms with Crippen molar-refractivity contribution in [3.05, 3.63) is 59.7 Å². The van der Waals surface area contributed by atoms with Crippen LogP contribution in [0.4, 0.5) is 16.2 Å². The van der Waals surface area contributed by atoms with Crippen LogP contribution in [0.2, 0.25) is 0 Å². The average molecular weight is 417 g/mol. The van der Waals surface area contributed by atoms with Crippen LogP contribution in [0.5, 0.6) is 0 Å². The maximum absolute atomic E-state index is 13.0. The fourth-order valence-corrected chi connectivity index (χ4v) is 3.32. The van der Waals surface area contributed by atoms with E-state index in [4.69, 9.17) is 11.1 Å². The maximum atomic E-state index is 13.0. The zero-order valence-corrected chi connectivity index (χ0v) is 17.2. The van der Waals surface area contributed by atoms with Crippen LogP contribution in [0.15, 0.2) is 48.5 Å². The van der Waals surface area contributed by atoms with Crippen molar-refractivity contribution in [2.24, 2.45) is 5.73 Å². The molecular weight excluding hydrogens is 392 g/mol. The molecule has 3 rings (SSSR count). The molecule has 0 saturated carbocycles. The van der Waals surface area contributed by atoms with Gasteiger partial charge in [-0.1, -0.05) is 12.1 Å². The first-order chi connectivity index (χ1) is 13.4. The molecular formula is C21H25ClN4O3. The Morgan fingerprint density at radius 1 is 1.14 bits per heavy atom. The van der Waals surface area contributed by atoms with Gasteiger partial charge >= 0.3 is 12.0 Å². The van der Waals surface area contributed by atoms with Crippen molar-refractivity contribution in [3.8, 4) is 0 Å². The Labute approximate surface area is 176 Å². The Morgan fingerprint density at radius 3 is 2.28 bits per heavy atom. The summed E-state index contributed by atoms with van der Waals surface area (Å²) in [6, 6.07) is 14.7. The number of halogens is 1. The van der Waals surface area contributed by atoms with Crippen LogP contribution in [0, 0.1) is 5.41 Å². The fraction of sp³-hybridized carbons (Fsp3) is 0.286. The van der Waals surface area contributed by atoms with Gasteiger partial charge in [0.1, 0.15) is 5.84 Å². The fourth-order valence-electron chi connectivity index (χ4n) is 3.32. The van der Waals surface area contributed by atoms with E-state index in [-0.39, 0.29) is 36.3 Å². The summed E-state index contributed by atoms with van der Waals surface area (Å²) in [6.45, 7) is 2.58. The van der Waals surface area contributed by atoms with E-state index >= 15 is 0 Å². The molecule has 1 aliphatic heterocycles. The third-order valence-corrected chi connectivity index (χ3v) is 4.87. The molecule has 154 valence electrons. The number of amidine groups is 1. The van der Waals surface area contributed by atoms with Crippen LogP contribution in [0.3, 0.4) is 0 Å². The number of hydrogen-bond donors (Lipinski definition) is 2. The third kappa shape index (κ3) is 4.86. The van der Waals surface area contributed by atoms with Gasteiger partial charge in [-0.25, -0.2) is 4.79 Å². The predicted octanol–water partition coefficient (Wildman–Crippen LogP) is 3.33. The number of ether oxygens (including phenoxy) is 1. The molecule has 2 amide bonds. The summed E-state index contributed by atoms with van der Waals surface area (Å²) in [6.07, 6.45) is 0.935. The molecule has 0 bridgehead atoms. The van der Waals surface area contributed by atoms with Gasteiger partial charge in [0.15, 0.2) is 0 Å². The van der Waals surface area contributed by atoms with E-state index in [2.05, 4.69) is 4.74 Å². The zero-order chi connectivity index (χ0) is 20.3. The maximum Gasteiger partial charge on any atom is 0.329 e. The molecule has 0 aliphatic carbocycles. The summed E-state index contributed by atoms with van der Waals surface area (Å²) in [5, 5.41) is 7.48. The second-order valence-electron chi connectivity index (χ2n) is 6.82. The van der Waals surface area contributed by atoms with Crippen LogP contribution in [-0.2, 0) is 16.0 Å². The highest BCUT2D eigenvalue weighted by atomic mass is 35.5. The molecule has 1 atom stereocenters. The minimum Gasteiger partial charge on any atom is -0.469 e. The zero-order valence-electron chi connectivity index (χ0n) is 16.4. The summed E-state index contributed by atoms with van der Waals surface area (Å²) >= 11 is 0. The highest BCUT2D eigenvalue weighted by Gasteiger charge is 2.36. The number of aryl methyl sites for hydroxylation is 1. The lowest BCUT2D eigenvalue weighted by Gasteiger charge is -2.21. The van der Waals surface area contributed by atoms with E-state index in [1.54, 1.807) is 34.1 Å². The van der Waals surface area contributed by atoms with Gasteiger partial charge in [0.2, 0.25) is 0 Å². The molecule has 1 heterocycles. The number of amides is 2. The SMILES string of the molecule is COC(=O)CCc1ccc(N2C(=O)N(c3ccc(C(=N)N)cc3)CC2C)cc1.Cl. The number of carbonyl (C=O) groups excluding carboxylic acids is 2. The van der Waals surface area contributed by atoms with Gasteiger partial charge in [0.25, 0.3) is 0 Å². The Hall–Kier alpha value is -3.06. The molecule has 1 fully saturated rings. The van der Waals surface area contributed by atoms with Gasteiger partial charge in [-0.05, 0) is 55.3 Å². The van der Waals surface area contributed by atoms with E-state index in [0.717, 1.165) is 16.9 Å². The van der Waals surface area contributed by atoms with Gasteiger partial charge in [0, 0.05) is 29.9 Å². The largest absolute Gasteiger partial charge is 0.469 e. The van der Waals surface area contributed by atoms with Crippen molar-refractivity contribution in [3.63, 3.8) is 0 Å². The number of nitrogen functional groups attached to an aromatic ring is 1. The summed E-state index contributed by atoms with van der Waals surface area (Å²) in [4.78, 5) is 27.8. The number of anilines is 2. The number of benzene rings is 2. The highest BCUT2D eigenvalue weighted by molar-refractivity contribution is 6.07. The smallest absolute Gasteiger partial charge is 0.329 e. The standard InChI is InChI=1S/C21H24N4O3.ClH/c1-14-13-24(17-10-6-16(7-11-17)20(22)23)21(27)25(14)18-8-3-15(4-9-18)5-12-19(26)28-2;/h3-4,6-11,14H,5,12-13H2,1-2H3,(H3,22,23);1H.